The second-order valence-corrected chi connectivity index (χ2v) is 5.74. The minimum atomic E-state index is 0.169. The zero-order valence-corrected chi connectivity index (χ0v) is 12.4. The molecule has 1 heterocycles. The lowest BCUT2D eigenvalue weighted by Gasteiger charge is -2.32. The van der Waals surface area contributed by atoms with Gasteiger partial charge in [0.1, 0.15) is 0 Å². The molecule has 92 valence electrons. The molecule has 1 aromatic rings. The summed E-state index contributed by atoms with van der Waals surface area (Å²) in [6.45, 7) is 5.65. The van der Waals surface area contributed by atoms with Gasteiger partial charge in [0.15, 0.2) is 0 Å². The summed E-state index contributed by atoms with van der Waals surface area (Å²) in [5.41, 5.74) is 2.03. The van der Waals surface area contributed by atoms with Crippen LogP contribution in [0.4, 0.5) is 0 Å². The van der Waals surface area contributed by atoms with E-state index in [0.29, 0.717) is 0 Å². The molecule has 1 aromatic carbocycles. The zero-order chi connectivity index (χ0) is 12.4. The van der Waals surface area contributed by atoms with Crippen molar-refractivity contribution in [2.75, 3.05) is 33.2 Å². The Labute approximate surface area is 116 Å². The molecule has 1 aliphatic rings. The number of nitrogens with zero attached hydrogens (tertiary/aromatic N) is 2. The summed E-state index contributed by atoms with van der Waals surface area (Å²) < 4.78 is 1.05. The fourth-order valence-electron chi connectivity index (χ4n) is 1.97. The van der Waals surface area contributed by atoms with E-state index in [-0.39, 0.29) is 5.91 Å². The topological polar surface area (TPSA) is 23.6 Å². The van der Waals surface area contributed by atoms with Crippen LogP contribution in [0.2, 0.25) is 0 Å². The summed E-state index contributed by atoms with van der Waals surface area (Å²) in [7, 11) is 2.09. The molecule has 1 fully saturated rings. The van der Waals surface area contributed by atoms with Gasteiger partial charge in [-0.1, -0.05) is 11.6 Å². The fourth-order valence-corrected chi connectivity index (χ4v) is 2.88. The summed E-state index contributed by atoms with van der Waals surface area (Å²) in [6, 6.07) is 6.01. The van der Waals surface area contributed by atoms with E-state index in [1.54, 1.807) is 0 Å². The largest absolute Gasteiger partial charge is 0.336 e. The van der Waals surface area contributed by atoms with Crippen molar-refractivity contribution in [3.05, 3.63) is 32.9 Å². The van der Waals surface area contributed by atoms with Crippen LogP contribution in [0.25, 0.3) is 0 Å². The van der Waals surface area contributed by atoms with Crippen molar-refractivity contribution < 1.29 is 4.79 Å². The lowest BCUT2D eigenvalue weighted by molar-refractivity contribution is 0.0663. The van der Waals surface area contributed by atoms with E-state index < -0.39 is 0 Å². The van der Waals surface area contributed by atoms with Gasteiger partial charge < -0.3 is 9.80 Å². The van der Waals surface area contributed by atoms with Gasteiger partial charge in [-0.15, -0.1) is 0 Å². The molecular weight excluding hydrogens is 327 g/mol. The first-order valence-electron chi connectivity index (χ1n) is 5.82. The van der Waals surface area contributed by atoms with Crippen LogP contribution in [0, 0.1) is 10.5 Å². The van der Waals surface area contributed by atoms with E-state index in [9.17, 15) is 4.79 Å². The Kier molecular flexibility index (Phi) is 4.04. The van der Waals surface area contributed by atoms with Crippen LogP contribution in [0.1, 0.15) is 15.9 Å². The average molecular weight is 344 g/mol. The Bertz CT molecular complexity index is 425. The number of carbonyl (C=O) groups is 1. The first-order valence-corrected chi connectivity index (χ1v) is 6.90. The van der Waals surface area contributed by atoms with Crippen LogP contribution in [0.3, 0.4) is 0 Å². The van der Waals surface area contributed by atoms with Crippen molar-refractivity contribution in [3.63, 3.8) is 0 Å². The van der Waals surface area contributed by atoms with Crippen molar-refractivity contribution in [2.24, 2.45) is 0 Å². The second kappa shape index (κ2) is 5.35. The van der Waals surface area contributed by atoms with E-state index in [4.69, 9.17) is 0 Å². The molecule has 0 aromatic heterocycles. The third kappa shape index (κ3) is 2.98. The van der Waals surface area contributed by atoms with Crippen LogP contribution >= 0.6 is 22.6 Å². The highest BCUT2D eigenvalue weighted by atomic mass is 127. The van der Waals surface area contributed by atoms with Gasteiger partial charge in [0.25, 0.3) is 5.91 Å². The number of rotatable bonds is 1. The predicted octanol–water partition coefficient (Wildman–Crippen LogP) is 1.99. The van der Waals surface area contributed by atoms with Crippen LogP contribution in [-0.2, 0) is 0 Å². The normalized spacial score (nSPS) is 17.2. The zero-order valence-electron chi connectivity index (χ0n) is 10.2. The van der Waals surface area contributed by atoms with Gasteiger partial charge in [-0.2, -0.15) is 0 Å². The van der Waals surface area contributed by atoms with Crippen molar-refractivity contribution in [1.82, 2.24) is 9.80 Å². The van der Waals surface area contributed by atoms with Gasteiger partial charge >= 0.3 is 0 Å². The number of aryl methyl sites for hydroxylation is 1. The first-order chi connectivity index (χ1) is 8.08. The molecular formula is C13H17IN2O. The van der Waals surface area contributed by atoms with E-state index >= 15 is 0 Å². The van der Waals surface area contributed by atoms with Crippen molar-refractivity contribution >= 4 is 28.5 Å². The summed E-state index contributed by atoms with van der Waals surface area (Å²) in [5.74, 6) is 0.169. The monoisotopic (exact) mass is 344 g/mol. The lowest BCUT2D eigenvalue weighted by atomic mass is 10.1. The number of hydrogen-bond acceptors (Lipinski definition) is 2. The third-order valence-corrected chi connectivity index (χ3v) is 4.04. The molecule has 0 saturated carbocycles. The molecule has 0 aliphatic carbocycles. The predicted molar refractivity (Wildman–Crippen MR) is 77.3 cm³/mol. The van der Waals surface area contributed by atoms with E-state index in [2.05, 4.69) is 40.6 Å². The second-order valence-electron chi connectivity index (χ2n) is 4.58. The fraction of sp³-hybridized carbons (Fsp3) is 0.462. The van der Waals surface area contributed by atoms with Crippen molar-refractivity contribution in [1.29, 1.82) is 0 Å². The van der Waals surface area contributed by atoms with Crippen LogP contribution in [-0.4, -0.2) is 48.9 Å². The maximum absolute atomic E-state index is 12.3. The molecule has 3 nitrogen and oxygen atoms in total. The van der Waals surface area contributed by atoms with Crippen molar-refractivity contribution in [3.8, 4) is 0 Å². The summed E-state index contributed by atoms with van der Waals surface area (Å²) in [5, 5.41) is 0. The number of hydrogen-bond donors (Lipinski definition) is 0. The number of carbonyl (C=O) groups excluding carboxylic acids is 1. The van der Waals surface area contributed by atoms with Gasteiger partial charge in [0, 0.05) is 29.7 Å². The molecule has 4 heteroatoms. The maximum atomic E-state index is 12.3. The first kappa shape index (κ1) is 12.8. The van der Waals surface area contributed by atoms with Crippen LogP contribution < -0.4 is 0 Å². The summed E-state index contributed by atoms with van der Waals surface area (Å²) >= 11 is 2.24. The van der Waals surface area contributed by atoms with Gasteiger partial charge in [0.2, 0.25) is 0 Å². The van der Waals surface area contributed by atoms with Gasteiger partial charge in [-0.25, -0.2) is 0 Å². The molecule has 0 radical (unpaired) electrons. The molecule has 1 saturated heterocycles. The van der Waals surface area contributed by atoms with Gasteiger partial charge in [0.05, 0.1) is 5.56 Å². The SMILES string of the molecule is Cc1ccc(C(=O)N2CCN(C)CC2)c(I)c1. The Morgan fingerprint density at radius 2 is 1.88 bits per heavy atom. The number of benzene rings is 1. The minimum Gasteiger partial charge on any atom is -0.336 e. The van der Waals surface area contributed by atoms with Crippen molar-refractivity contribution in [2.45, 2.75) is 6.92 Å². The Hall–Kier alpha value is -0.620. The maximum Gasteiger partial charge on any atom is 0.255 e. The molecule has 0 atom stereocenters. The van der Waals surface area contributed by atoms with Gasteiger partial charge in [-0.05, 0) is 48.7 Å². The Balaban J connectivity index is 2.14. The minimum absolute atomic E-state index is 0.169. The molecule has 0 N–H and O–H groups in total. The average Bonchev–Trinajstić information content (AvgIpc) is 2.29. The van der Waals surface area contributed by atoms with Crippen LogP contribution in [0.5, 0.6) is 0 Å². The number of amides is 1. The molecule has 1 amide bonds. The highest BCUT2D eigenvalue weighted by molar-refractivity contribution is 14.1. The molecule has 2 rings (SSSR count). The molecule has 17 heavy (non-hydrogen) atoms. The van der Waals surface area contributed by atoms with E-state index in [1.165, 1.54) is 5.56 Å². The smallest absolute Gasteiger partial charge is 0.255 e. The van der Waals surface area contributed by atoms with E-state index in [0.717, 1.165) is 35.3 Å². The van der Waals surface area contributed by atoms with E-state index in [1.807, 2.05) is 24.0 Å². The lowest BCUT2D eigenvalue weighted by Crippen LogP contribution is -2.47. The molecule has 0 bridgehead atoms. The highest BCUT2D eigenvalue weighted by Crippen LogP contribution is 2.17. The third-order valence-electron chi connectivity index (χ3n) is 3.15. The number of halogens is 1. The molecule has 0 spiro atoms. The quantitative estimate of drug-likeness (QED) is 0.728. The number of likely N-dealkylation sites (N-methyl/N-ethyl adjacent to an activating group) is 1. The molecule has 0 unspecified atom stereocenters. The standard InChI is InChI=1S/C13H17IN2O/c1-10-3-4-11(12(14)9-10)13(17)16-7-5-15(2)6-8-16/h3-4,9H,5-8H2,1-2H3. The number of piperazine rings is 1. The molecule has 1 aliphatic heterocycles. The Morgan fingerprint density at radius 3 is 2.47 bits per heavy atom. The Morgan fingerprint density at radius 1 is 1.24 bits per heavy atom. The highest BCUT2D eigenvalue weighted by Gasteiger charge is 2.21. The summed E-state index contributed by atoms with van der Waals surface area (Å²) in [6.07, 6.45) is 0. The van der Waals surface area contributed by atoms with Crippen LogP contribution in [0.15, 0.2) is 18.2 Å². The summed E-state index contributed by atoms with van der Waals surface area (Å²) in [4.78, 5) is 16.5. The van der Waals surface area contributed by atoms with Gasteiger partial charge in [-0.3, -0.25) is 4.79 Å².